The summed E-state index contributed by atoms with van der Waals surface area (Å²) < 4.78 is 40.8. The average molecular weight is 561 g/mol. The van der Waals surface area contributed by atoms with Gasteiger partial charge in [0.25, 0.3) is 11.5 Å². The van der Waals surface area contributed by atoms with Crippen molar-refractivity contribution in [2.75, 3.05) is 24.4 Å². The molecule has 3 N–H and O–H groups in total. The van der Waals surface area contributed by atoms with E-state index in [2.05, 4.69) is 25.8 Å². The molecule has 3 aromatic heterocycles. The Kier molecular flexibility index (Phi) is 7.74. The van der Waals surface area contributed by atoms with Crippen molar-refractivity contribution in [1.29, 1.82) is 0 Å². The van der Waals surface area contributed by atoms with E-state index >= 15 is 4.39 Å². The summed E-state index contributed by atoms with van der Waals surface area (Å²) in [6, 6.07) is 13.8. The van der Waals surface area contributed by atoms with Gasteiger partial charge in [-0.15, -0.1) is 0 Å². The molecule has 0 unspecified atom stereocenters. The summed E-state index contributed by atoms with van der Waals surface area (Å²) >= 11 is 0. The molecule has 5 rings (SSSR count). The molecular formula is C29H26F2N6O4. The Morgan fingerprint density at radius 1 is 1.07 bits per heavy atom. The van der Waals surface area contributed by atoms with E-state index in [0.29, 0.717) is 40.6 Å². The lowest BCUT2D eigenvalue weighted by Crippen LogP contribution is -2.29. The van der Waals surface area contributed by atoms with Gasteiger partial charge in [0.05, 0.1) is 6.61 Å². The number of H-pyrrole nitrogens is 1. The normalized spacial score (nSPS) is 11.8. The Labute approximate surface area is 233 Å². The molecule has 12 heteroatoms. The molecule has 0 saturated heterocycles. The highest BCUT2D eigenvalue weighted by molar-refractivity contribution is 6.04. The molecule has 2 aromatic carbocycles. The monoisotopic (exact) mass is 560 g/mol. The highest BCUT2D eigenvalue weighted by Gasteiger charge is 2.18. The molecular weight excluding hydrogens is 534 g/mol. The number of aromatic nitrogens is 4. The van der Waals surface area contributed by atoms with Gasteiger partial charge in [-0.2, -0.15) is 5.10 Å². The highest BCUT2D eigenvalue weighted by Crippen LogP contribution is 2.34. The fourth-order valence-corrected chi connectivity index (χ4v) is 4.33. The minimum absolute atomic E-state index is 0.0625. The van der Waals surface area contributed by atoms with Gasteiger partial charge in [0, 0.05) is 48.5 Å². The second-order valence-electron chi connectivity index (χ2n) is 9.31. The Bertz CT molecular complexity index is 1790. The zero-order valence-corrected chi connectivity index (χ0v) is 22.4. The van der Waals surface area contributed by atoms with E-state index in [1.807, 2.05) is 6.92 Å². The fourth-order valence-electron chi connectivity index (χ4n) is 4.33. The van der Waals surface area contributed by atoms with E-state index in [1.165, 1.54) is 53.2 Å². The second-order valence-corrected chi connectivity index (χ2v) is 9.31. The van der Waals surface area contributed by atoms with Crippen LogP contribution < -0.4 is 20.9 Å². The van der Waals surface area contributed by atoms with Crippen molar-refractivity contribution in [2.24, 2.45) is 0 Å². The molecule has 0 spiro atoms. The maximum absolute atomic E-state index is 15.1. The summed E-state index contributed by atoms with van der Waals surface area (Å²) in [7, 11) is 1.59. The molecule has 1 amide bonds. The SMILES string of the molecule is COC[C@H](C)Nc1n[nH]c2nccc(Oc3ccc(NC(=O)c4ccc(C)n(-c5ccc(F)cc5)c4=O)cc3F)c12. The third-order valence-electron chi connectivity index (χ3n) is 6.24. The molecule has 41 heavy (non-hydrogen) atoms. The number of anilines is 2. The summed E-state index contributed by atoms with van der Waals surface area (Å²) in [6.07, 6.45) is 1.50. The van der Waals surface area contributed by atoms with Crippen LogP contribution in [0.4, 0.5) is 20.3 Å². The van der Waals surface area contributed by atoms with Crippen LogP contribution in [0.3, 0.4) is 0 Å². The lowest BCUT2D eigenvalue weighted by atomic mass is 10.2. The van der Waals surface area contributed by atoms with Gasteiger partial charge < -0.3 is 20.1 Å². The molecule has 0 aliphatic rings. The van der Waals surface area contributed by atoms with Crippen LogP contribution >= 0.6 is 0 Å². The Balaban J connectivity index is 1.37. The zero-order chi connectivity index (χ0) is 29.1. The molecule has 0 fully saturated rings. The first-order valence-electron chi connectivity index (χ1n) is 12.6. The quantitative estimate of drug-likeness (QED) is 0.227. The van der Waals surface area contributed by atoms with Crippen molar-refractivity contribution in [3.05, 3.63) is 100 Å². The second kappa shape index (κ2) is 11.6. The van der Waals surface area contributed by atoms with Gasteiger partial charge in [0.1, 0.15) is 22.5 Å². The van der Waals surface area contributed by atoms with Crippen LogP contribution in [0.1, 0.15) is 23.0 Å². The molecule has 0 radical (unpaired) electrons. The molecule has 0 aliphatic heterocycles. The predicted molar refractivity (Wildman–Crippen MR) is 150 cm³/mol. The number of nitrogens with zero attached hydrogens (tertiary/aromatic N) is 3. The van der Waals surface area contributed by atoms with Crippen molar-refractivity contribution in [3.63, 3.8) is 0 Å². The standard InChI is InChI=1S/C29H26F2N6O4/c1-16(15-40-3)33-27-25-24(12-13-32-26(25)35-36-27)41-23-11-7-19(14-22(23)31)34-28(38)21-10-4-17(2)37(29(21)39)20-8-5-18(30)6-9-20/h4-14,16H,15H2,1-3H3,(H,34,38)(H2,32,33,35,36)/t16-/m0/s1. The van der Waals surface area contributed by atoms with E-state index in [9.17, 15) is 14.0 Å². The van der Waals surface area contributed by atoms with Gasteiger partial charge >= 0.3 is 0 Å². The summed E-state index contributed by atoms with van der Waals surface area (Å²) in [4.78, 5) is 30.4. The smallest absolute Gasteiger partial charge is 0.268 e. The molecule has 0 saturated carbocycles. The number of fused-ring (bicyclic) bond motifs is 1. The van der Waals surface area contributed by atoms with Crippen LogP contribution in [0.2, 0.25) is 0 Å². The number of hydrogen-bond acceptors (Lipinski definition) is 7. The minimum atomic E-state index is -0.744. The summed E-state index contributed by atoms with van der Waals surface area (Å²) in [6.45, 7) is 4.05. The fraction of sp³-hybridized carbons (Fsp3) is 0.172. The van der Waals surface area contributed by atoms with E-state index in [0.717, 1.165) is 6.07 Å². The maximum Gasteiger partial charge on any atom is 0.268 e. The summed E-state index contributed by atoms with van der Waals surface area (Å²) in [5.74, 6) is -1.23. The first kappa shape index (κ1) is 27.5. The number of aryl methyl sites for hydroxylation is 1. The number of nitrogens with one attached hydrogen (secondary N) is 3. The first-order valence-corrected chi connectivity index (χ1v) is 12.6. The van der Waals surface area contributed by atoms with Crippen LogP contribution in [0, 0.1) is 18.6 Å². The minimum Gasteiger partial charge on any atom is -0.453 e. The summed E-state index contributed by atoms with van der Waals surface area (Å²) in [5, 5.41) is 13.3. The lowest BCUT2D eigenvalue weighted by Gasteiger charge is -2.14. The number of carbonyl (C=O) groups is 1. The number of ether oxygens (including phenoxy) is 2. The number of amides is 1. The van der Waals surface area contributed by atoms with Gasteiger partial charge in [0.2, 0.25) is 0 Å². The van der Waals surface area contributed by atoms with Crippen LogP contribution in [-0.2, 0) is 4.74 Å². The molecule has 210 valence electrons. The molecule has 1 atom stereocenters. The third-order valence-corrected chi connectivity index (χ3v) is 6.24. The summed E-state index contributed by atoms with van der Waals surface area (Å²) in [5.41, 5.74) is 0.768. The van der Waals surface area contributed by atoms with E-state index < -0.39 is 23.1 Å². The van der Waals surface area contributed by atoms with E-state index in [-0.39, 0.29) is 23.0 Å². The van der Waals surface area contributed by atoms with Gasteiger partial charge in [0.15, 0.2) is 23.0 Å². The molecule has 3 heterocycles. The number of carbonyl (C=O) groups excluding carboxylic acids is 1. The molecule has 5 aromatic rings. The van der Waals surface area contributed by atoms with E-state index in [4.69, 9.17) is 9.47 Å². The number of methoxy groups -OCH3 is 1. The largest absolute Gasteiger partial charge is 0.453 e. The predicted octanol–water partition coefficient (Wildman–Crippen LogP) is 5.19. The van der Waals surface area contributed by atoms with Gasteiger partial charge in [-0.1, -0.05) is 0 Å². The number of hydrogen-bond donors (Lipinski definition) is 3. The van der Waals surface area contributed by atoms with Gasteiger partial charge in [-0.25, -0.2) is 13.8 Å². The number of benzene rings is 2. The van der Waals surface area contributed by atoms with Crippen molar-refractivity contribution < 1.29 is 23.0 Å². The number of aromatic amines is 1. The molecule has 0 aliphatic carbocycles. The van der Waals surface area contributed by atoms with Crippen LogP contribution in [0.25, 0.3) is 16.7 Å². The van der Waals surface area contributed by atoms with Crippen LogP contribution in [0.15, 0.2) is 71.7 Å². The van der Waals surface area contributed by atoms with Crippen LogP contribution in [-0.4, -0.2) is 45.4 Å². The Morgan fingerprint density at radius 3 is 2.59 bits per heavy atom. The molecule has 0 bridgehead atoms. The van der Waals surface area contributed by atoms with E-state index in [1.54, 1.807) is 26.2 Å². The number of halogens is 2. The van der Waals surface area contributed by atoms with Crippen molar-refractivity contribution in [2.45, 2.75) is 19.9 Å². The first-order chi connectivity index (χ1) is 19.7. The Hall–Kier alpha value is -5.10. The van der Waals surface area contributed by atoms with Crippen molar-refractivity contribution >= 4 is 28.4 Å². The lowest BCUT2D eigenvalue weighted by molar-refractivity contribution is 0.102. The van der Waals surface area contributed by atoms with Crippen molar-refractivity contribution in [1.82, 2.24) is 19.7 Å². The highest BCUT2D eigenvalue weighted by atomic mass is 19.1. The van der Waals surface area contributed by atoms with Gasteiger partial charge in [-0.3, -0.25) is 19.3 Å². The maximum atomic E-state index is 15.1. The number of rotatable bonds is 9. The topological polar surface area (TPSA) is 123 Å². The number of pyridine rings is 2. The van der Waals surface area contributed by atoms with Crippen molar-refractivity contribution in [3.8, 4) is 17.2 Å². The van der Waals surface area contributed by atoms with Crippen LogP contribution in [0.5, 0.6) is 11.5 Å². The molecule has 10 nitrogen and oxygen atoms in total. The third kappa shape index (κ3) is 5.77. The zero-order valence-electron chi connectivity index (χ0n) is 22.4. The average Bonchev–Trinajstić information content (AvgIpc) is 3.35. The Morgan fingerprint density at radius 2 is 1.85 bits per heavy atom. The van der Waals surface area contributed by atoms with Gasteiger partial charge in [-0.05, 0) is 62.4 Å².